The first-order chi connectivity index (χ1) is 12.4. The van der Waals surface area contributed by atoms with E-state index in [2.05, 4.69) is 5.32 Å². The molecule has 7 nitrogen and oxygen atoms in total. The number of carbonyl (C=O) groups excluding carboxylic acids is 1. The van der Waals surface area contributed by atoms with Crippen LogP contribution in [0.3, 0.4) is 0 Å². The summed E-state index contributed by atoms with van der Waals surface area (Å²) in [5, 5.41) is 2.69. The fourth-order valence-electron chi connectivity index (χ4n) is 2.26. The van der Waals surface area contributed by atoms with Crippen molar-refractivity contribution in [3.8, 4) is 11.5 Å². The third kappa shape index (κ3) is 4.89. The number of nitrogens with one attached hydrogen (secondary N) is 1. The first-order valence-corrected chi connectivity index (χ1v) is 9.59. The number of hydrogen-bond donors (Lipinski definition) is 1. The quantitative estimate of drug-likeness (QED) is 0.763. The SMILES string of the molecule is CCS(=O)(=O)N(CC(=O)Nc1ccc(OC)cc1)c1ccc(OC)cc1. The fourth-order valence-corrected chi connectivity index (χ4v) is 3.33. The van der Waals surface area contributed by atoms with Gasteiger partial charge in [-0.15, -0.1) is 0 Å². The van der Waals surface area contributed by atoms with Gasteiger partial charge in [-0.2, -0.15) is 0 Å². The Balaban J connectivity index is 2.18. The van der Waals surface area contributed by atoms with Crippen molar-refractivity contribution in [1.82, 2.24) is 0 Å². The summed E-state index contributed by atoms with van der Waals surface area (Å²) in [4.78, 5) is 12.4. The highest BCUT2D eigenvalue weighted by molar-refractivity contribution is 7.92. The van der Waals surface area contributed by atoms with Gasteiger partial charge < -0.3 is 14.8 Å². The molecule has 8 heteroatoms. The molecule has 0 fully saturated rings. The lowest BCUT2D eigenvalue weighted by atomic mass is 10.3. The molecule has 0 spiro atoms. The van der Waals surface area contributed by atoms with Crippen LogP contribution in [0.5, 0.6) is 11.5 Å². The van der Waals surface area contributed by atoms with E-state index in [1.54, 1.807) is 55.6 Å². The average molecular weight is 378 g/mol. The standard InChI is InChI=1S/C18H22N2O5S/c1-4-26(22,23)20(15-7-11-17(25-3)12-8-15)13-18(21)19-14-5-9-16(24-2)10-6-14/h5-12H,4,13H2,1-3H3,(H,19,21). The Morgan fingerprint density at radius 1 is 0.962 bits per heavy atom. The minimum Gasteiger partial charge on any atom is -0.497 e. The number of hydrogen-bond acceptors (Lipinski definition) is 5. The molecule has 0 radical (unpaired) electrons. The number of methoxy groups -OCH3 is 2. The van der Waals surface area contributed by atoms with Crippen LogP contribution in [0.15, 0.2) is 48.5 Å². The second kappa shape index (κ2) is 8.57. The number of ether oxygens (including phenoxy) is 2. The Hall–Kier alpha value is -2.74. The van der Waals surface area contributed by atoms with Gasteiger partial charge in [-0.25, -0.2) is 8.42 Å². The lowest BCUT2D eigenvalue weighted by Crippen LogP contribution is -2.39. The summed E-state index contributed by atoms with van der Waals surface area (Å²) in [5.74, 6) is 0.708. The van der Waals surface area contributed by atoms with Gasteiger partial charge >= 0.3 is 0 Å². The van der Waals surface area contributed by atoms with E-state index in [0.29, 0.717) is 22.9 Å². The zero-order valence-electron chi connectivity index (χ0n) is 14.9. The minimum atomic E-state index is -3.62. The number of amides is 1. The summed E-state index contributed by atoms with van der Waals surface area (Å²) in [5.41, 5.74) is 0.955. The predicted octanol–water partition coefficient (Wildman–Crippen LogP) is 2.50. The highest BCUT2D eigenvalue weighted by Crippen LogP contribution is 2.22. The summed E-state index contributed by atoms with van der Waals surface area (Å²) in [6.07, 6.45) is 0. The van der Waals surface area contributed by atoms with Gasteiger partial charge in [0.1, 0.15) is 18.0 Å². The molecule has 2 rings (SSSR count). The van der Waals surface area contributed by atoms with E-state index in [0.717, 1.165) is 4.31 Å². The van der Waals surface area contributed by atoms with Gasteiger partial charge in [0.05, 0.1) is 25.7 Å². The molecule has 0 aliphatic carbocycles. The van der Waals surface area contributed by atoms with Crippen molar-refractivity contribution in [3.05, 3.63) is 48.5 Å². The number of sulfonamides is 1. The van der Waals surface area contributed by atoms with E-state index in [9.17, 15) is 13.2 Å². The maximum atomic E-state index is 12.4. The molecule has 1 amide bonds. The van der Waals surface area contributed by atoms with Crippen LogP contribution < -0.4 is 19.1 Å². The van der Waals surface area contributed by atoms with Crippen molar-refractivity contribution in [3.63, 3.8) is 0 Å². The minimum absolute atomic E-state index is 0.116. The maximum absolute atomic E-state index is 12.4. The van der Waals surface area contributed by atoms with E-state index in [4.69, 9.17) is 9.47 Å². The average Bonchev–Trinajstić information content (AvgIpc) is 2.66. The van der Waals surface area contributed by atoms with Crippen molar-refractivity contribution in [1.29, 1.82) is 0 Å². The van der Waals surface area contributed by atoms with Gasteiger partial charge in [-0.3, -0.25) is 9.10 Å². The van der Waals surface area contributed by atoms with E-state index < -0.39 is 15.9 Å². The third-order valence-corrected chi connectivity index (χ3v) is 5.46. The van der Waals surface area contributed by atoms with Gasteiger partial charge in [0.15, 0.2) is 0 Å². The Bertz CT molecular complexity index is 833. The van der Waals surface area contributed by atoms with Gasteiger partial charge in [-0.05, 0) is 55.5 Å². The molecule has 0 bridgehead atoms. The fraction of sp³-hybridized carbons (Fsp3) is 0.278. The van der Waals surface area contributed by atoms with E-state index in [1.165, 1.54) is 14.0 Å². The zero-order chi connectivity index (χ0) is 19.2. The Kier molecular flexibility index (Phi) is 6.46. The Labute approximate surface area is 153 Å². The van der Waals surface area contributed by atoms with Crippen LogP contribution in [0.1, 0.15) is 6.92 Å². The Morgan fingerprint density at radius 2 is 1.46 bits per heavy atom. The lowest BCUT2D eigenvalue weighted by molar-refractivity contribution is -0.114. The van der Waals surface area contributed by atoms with Crippen LogP contribution >= 0.6 is 0 Å². The first kappa shape index (κ1) is 19.6. The van der Waals surface area contributed by atoms with Crippen molar-refractivity contribution >= 4 is 27.3 Å². The first-order valence-electron chi connectivity index (χ1n) is 7.98. The molecule has 0 aliphatic rings. The zero-order valence-corrected chi connectivity index (χ0v) is 15.7. The van der Waals surface area contributed by atoms with Crippen LogP contribution in [0, 0.1) is 0 Å². The van der Waals surface area contributed by atoms with Gasteiger partial charge in [0.2, 0.25) is 15.9 Å². The number of anilines is 2. The molecule has 0 unspecified atom stereocenters. The summed E-state index contributed by atoms with van der Waals surface area (Å²) < 4.78 is 36.1. The monoisotopic (exact) mass is 378 g/mol. The summed E-state index contributed by atoms with van der Waals surface area (Å²) in [6.45, 7) is 1.21. The molecule has 2 aromatic carbocycles. The molecule has 0 heterocycles. The highest BCUT2D eigenvalue weighted by atomic mass is 32.2. The van der Waals surface area contributed by atoms with Crippen LogP contribution in [-0.2, 0) is 14.8 Å². The topological polar surface area (TPSA) is 84.9 Å². The molecule has 0 saturated carbocycles. The Morgan fingerprint density at radius 3 is 1.92 bits per heavy atom. The van der Waals surface area contributed by atoms with Crippen molar-refractivity contribution in [2.24, 2.45) is 0 Å². The van der Waals surface area contributed by atoms with Crippen molar-refractivity contribution < 1.29 is 22.7 Å². The second-order valence-corrected chi connectivity index (χ2v) is 7.56. The maximum Gasteiger partial charge on any atom is 0.245 e. The van der Waals surface area contributed by atoms with Gasteiger partial charge in [-0.1, -0.05) is 0 Å². The van der Waals surface area contributed by atoms with E-state index in [1.807, 2.05) is 0 Å². The molecular weight excluding hydrogens is 356 g/mol. The van der Waals surface area contributed by atoms with E-state index in [-0.39, 0.29) is 12.3 Å². The van der Waals surface area contributed by atoms with Crippen molar-refractivity contribution in [2.45, 2.75) is 6.92 Å². The normalized spacial score (nSPS) is 10.9. The number of carbonyl (C=O) groups is 1. The molecule has 1 N–H and O–H groups in total. The van der Waals surface area contributed by atoms with Crippen LogP contribution in [0.2, 0.25) is 0 Å². The smallest absolute Gasteiger partial charge is 0.245 e. The molecular formula is C18H22N2O5S. The summed E-state index contributed by atoms with van der Waals surface area (Å²) in [6, 6.07) is 13.3. The molecule has 0 atom stereocenters. The lowest BCUT2D eigenvalue weighted by Gasteiger charge is -2.23. The highest BCUT2D eigenvalue weighted by Gasteiger charge is 2.23. The van der Waals surface area contributed by atoms with Gasteiger partial charge in [0, 0.05) is 5.69 Å². The summed E-state index contributed by atoms with van der Waals surface area (Å²) in [7, 11) is -0.542. The number of rotatable bonds is 8. The summed E-state index contributed by atoms with van der Waals surface area (Å²) >= 11 is 0. The van der Waals surface area contributed by atoms with Crippen LogP contribution in [0.25, 0.3) is 0 Å². The molecule has 140 valence electrons. The largest absolute Gasteiger partial charge is 0.497 e. The number of nitrogens with zero attached hydrogens (tertiary/aromatic N) is 1. The van der Waals surface area contributed by atoms with Crippen LogP contribution in [-0.4, -0.2) is 40.8 Å². The van der Waals surface area contributed by atoms with Crippen LogP contribution in [0.4, 0.5) is 11.4 Å². The van der Waals surface area contributed by atoms with Gasteiger partial charge in [0.25, 0.3) is 0 Å². The van der Waals surface area contributed by atoms with Crippen molar-refractivity contribution in [2.75, 3.05) is 36.1 Å². The molecule has 0 aromatic heterocycles. The molecule has 0 saturated heterocycles. The number of benzene rings is 2. The predicted molar refractivity (Wildman–Crippen MR) is 101 cm³/mol. The second-order valence-electron chi connectivity index (χ2n) is 5.38. The third-order valence-electron chi connectivity index (χ3n) is 3.72. The van der Waals surface area contributed by atoms with E-state index >= 15 is 0 Å². The molecule has 26 heavy (non-hydrogen) atoms. The molecule has 2 aromatic rings. The molecule has 0 aliphatic heterocycles.